The molecule has 2 heterocycles. The van der Waals surface area contributed by atoms with Gasteiger partial charge in [0.05, 0.1) is 11.9 Å². The lowest BCUT2D eigenvalue weighted by atomic mass is 10.2. The lowest BCUT2D eigenvalue weighted by Crippen LogP contribution is -2.50. The molecule has 0 amide bonds. The summed E-state index contributed by atoms with van der Waals surface area (Å²) in [6, 6.07) is 6.35. The molecule has 4 heteroatoms. The van der Waals surface area contributed by atoms with Crippen molar-refractivity contribution in [1.29, 1.82) is 5.26 Å². The summed E-state index contributed by atoms with van der Waals surface area (Å²) in [6.45, 7) is 5.34. The van der Waals surface area contributed by atoms with Crippen LogP contribution in [0.4, 0.5) is 5.69 Å². The minimum Gasteiger partial charge on any atom is -0.367 e. The summed E-state index contributed by atoms with van der Waals surface area (Å²) < 4.78 is 0. The maximum absolute atomic E-state index is 8.68. The molecule has 0 radical (unpaired) electrons. The van der Waals surface area contributed by atoms with Crippen molar-refractivity contribution >= 4 is 5.69 Å². The fraction of sp³-hybridized carbons (Fsp3) is 0.500. The summed E-state index contributed by atoms with van der Waals surface area (Å²) in [5.41, 5.74) is 1.59. The van der Waals surface area contributed by atoms with Crippen LogP contribution in [0.1, 0.15) is 12.6 Å². The van der Waals surface area contributed by atoms with Crippen molar-refractivity contribution in [3.05, 3.63) is 24.0 Å². The molecule has 16 heavy (non-hydrogen) atoms. The van der Waals surface area contributed by atoms with E-state index in [2.05, 4.69) is 28.8 Å². The highest BCUT2D eigenvalue weighted by molar-refractivity contribution is 5.46. The zero-order valence-corrected chi connectivity index (χ0v) is 9.72. The SMILES string of the molecule is CC1CN(c2ccc(C#N)nc2)CCN1C. The first-order valence-electron chi connectivity index (χ1n) is 5.52. The average molecular weight is 216 g/mol. The second kappa shape index (κ2) is 4.50. The number of piperazine rings is 1. The largest absolute Gasteiger partial charge is 0.367 e. The second-order valence-corrected chi connectivity index (χ2v) is 4.29. The molecule has 1 unspecified atom stereocenters. The van der Waals surface area contributed by atoms with E-state index < -0.39 is 0 Å². The third-order valence-electron chi connectivity index (χ3n) is 3.19. The maximum Gasteiger partial charge on any atom is 0.140 e. The third-order valence-corrected chi connectivity index (χ3v) is 3.19. The molecule has 4 nitrogen and oxygen atoms in total. The number of hydrogen-bond donors (Lipinski definition) is 0. The predicted molar refractivity (Wildman–Crippen MR) is 63.3 cm³/mol. The lowest BCUT2D eigenvalue weighted by molar-refractivity contribution is 0.234. The van der Waals surface area contributed by atoms with E-state index in [-0.39, 0.29) is 0 Å². The Balaban J connectivity index is 2.10. The second-order valence-electron chi connectivity index (χ2n) is 4.29. The number of nitriles is 1. The molecule has 0 N–H and O–H groups in total. The number of likely N-dealkylation sites (N-methyl/N-ethyl adjacent to an activating group) is 1. The van der Waals surface area contributed by atoms with Crippen molar-refractivity contribution in [2.75, 3.05) is 31.6 Å². The van der Waals surface area contributed by atoms with Crippen molar-refractivity contribution in [3.8, 4) is 6.07 Å². The van der Waals surface area contributed by atoms with Crippen LogP contribution >= 0.6 is 0 Å². The third kappa shape index (κ3) is 2.15. The fourth-order valence-electron chi connectivity index (χ4n) is 1.92. The van der Waals surface area contributed by atoms with Crippen LogP contribution in [0.15, 0.2) is 18.3 Å². The maximum atomic E-state index is 8.68. The topological polar surface area (TPSA) is 43.2 Å². The smallest absolute Gasteiger partial charge is 0.140 e. The highest BCUT2D eigenvalue weighted by Gasteiger charge is 2.20. The Bertz CT molecular complexity index is 392. The van der Waals surface area contributed by atoms with Gasteiger partial charge in [0.2, 0.25) is 0 Å². The van der Waals surface area contributed by atoms with E-state index in [4.69, 9.17) is 5.26 Å². The first kappa shape index (κ1) is 10.9. The van der Waals surface area contributed by atoms with Crippen LogP contribution in [0.25, 0.3) is 0 Å². The molecule has 0 bridgehead atoms. The monoisotopic (exact) mass is 216 g/mol. The van der Waals surface area contributed by atoms with Gasteiger partial charge in [-0.3, -0.25) is 0 Å². The van der Waals surface area contributed by atoms with Gasteiger partial charge in [-0.2, -0.15) is 5.26 Å². The molecule has 1 aromatic rings. The van der Waals surface area contributed by atoms with Crippen molar-refractivity contribution in [2.24, 2.45) is 0 Å². The molecule has 1 aliphatic rings. The Labute approximate surface area is 96.1 Å². The van der Waals surface area contributed by atoms with E-state index in [1.807, 2.05) is 12.1 Å². The van der Waals surface area contributed by atoms with Crippen molar-refractivity contribution < 1.29 is 0 Å². The predicted octanol–water partition coefficient (Wildman–Crippen LogP) is 1.09. The van der Waals surface area contributed by atoms with Gasteiger partial charge in [0.15, 0.2) is 0 Å². The molecule has 84 valence electrons. The van der Waals surface area contributed by atoms with Gasteiger partial charge in [-0.1, -0.05) is 0 Å². The van der Waals surface area contributed by atoms with E-state index in [0.29, 0.717) is 11.7 Å². The van der Waals surface area contributed by atoms with Gasteiger partial charge >= 0.3 is 0 Å². The summed E-state index contributed by atoms with van der Waals surface area (Å²) in [5.74, 6) is 0. The molecule has 1 saturated heterocycles. The summed E-state index contributed by atoms with van der Waals surface area (Å²) in [4.78, 5) is 8.77. The Hall–Kier alpha value is -1.60. The summed E-state index contributed by atoms with van der Waals surface area (Å²) >= 11 is 0. The quantitative estimate of drug-likeness (QED) is 0.705. The summed E-state index contributed by atoms with van der Waals surface area (Å²) in [5, 5.41) is 8.68. The van der Waals surface area contributed by atoms with Crippen LogP contribution in [-0.2, 0) is 0 Å². The fourth-order valence-corrected chi connectivity index (χ4v) is 1.92. The summed E-state index contributed by atoms with van der Waals surface area (Å²) in [7, 11) is 2.15. The Morgan fingerprint density at radius 2 is 2.25 bits per heavy atom. The number of rotatable bonds is 1. The Kier molecular flexibility index (Phi) is 3.07. The van der Waals surface area contributed by atoms with Crippen LogP contribution in [0.5, 0.6) is 0 Å². The number of anilines is 1. The van der Waals surface area contributed by atoms with E-state index >= 15 is 0 Å². The van der Waals surface area contributed by atoms with Gasteiger partial charge in [-0.15, -0.1) is 0 Å². The van der Waals surface area contributed by atoms with E-state index in [1.165, 1.54) is 0 Å². The van der Waals surface area contributed by atoms with Crippen LogP contribution in [0.3, 0.4) is 0 Å². The Morgan fingerprint density at radius 1 is 1.44 bits per heavy atom. The number of pyridine rings is 1. The molecule has 1 atom stereocenters. The lowest BCUT2D eigenvalue weighted by Gasteiger charge is -2.38. The van der Waals surface area contributed by atoms with Crippen molar-refractivity contribution in [2.45, 2.75) is 13.0 Å². The minimum atomic E-state index is 0.478. The van der Waals surface area contributed by atoms with Crippen LogP contribution in [0, 0.1) is 11.3 Å². The molecular formula is C12H16N4. The number of nitrogens with zero attached hydrogens (tertiary/aromatic N) is 4. The standard InChI is InChI=1S/C12H16N4/c1-10-9-16(6-5-15(10)2)12-4-3-11(7-13)14-8-12/h3-4,8,10H,5-6,9H2,1-2H3. The van der Waals surface area contributed by atoms with Crippen molar-refractivity contribution in [1.82, 2.24) is 9.88 Å². The average Bonchev–Trinajstić information content (AvgIpc) is 2.33. The molecule has 0 saturated carbocycles. The van der Waals surface area contributed by atoms with Gasteiger partial charge in [0.1, 0.15) is 11.8 Å². The molecule has 1 fully saturated rings. The van der Waals surface area contributed by atoms with Gasteiger partial charge in [0, 0.05) is 25.7 Å². The normalized spacial score (nSPS) is 21.8. The highest BCUT2D eigenvalue weighted by Crippen LogP contribution is 2.17. The Morgan fingerprint density at radius 3 is 2.81 bits per heavy atom. The van der Waals surface area contributed by atoms with Gasteiger partial charge < -0.3 is 9.80 Å². The van der Waals surface area contributed by atoms with E-state index in [1.54, 1.807) is 12.3 Å². The molecule has 0 aliphatic carbocycles. The van der Waals surface area contributed by atoms with E-state index in [9.17, 15) is 0 Å². The molecule has 1 aromatic heterocycles. The highest BCUT2D eigenvalue weighted by atomic mass is 15.3. The molecule has 0 spiro atoms. The van der Waals surface area contributed by atoms with Crippen LogP contribution < -0.4 is 4.90 Å². The van der Waals surface area contributed by atoms with Crippen molar-refractivity contribution in [3.63, 3.8) is 0 Å². The van der Waals surface area contributed by atoms with Gasteiger partial charge in [-0.05, 0) is 26.1 Å². The van der Waals surface area contributed by atoms with Crippen LogP contribution in [0.2, 0.25) is 0 Å². The summed E-state index contributed by atoms with van der Waals surface area (Å²) in [6.07, 6.45) is 1.79. The molecular weight excluding hydrogens is 200 g/mol. The minimum absolute atomic E-state index is 0.478. The first-order chi connectivity index (χ1) is 7.70. The van der Waals surface area contributed by atoms with Crippen LogP contribution in [-0.4, -0.2) is 42.6 Å². The molecule has 0 aromatic carbocycles. The van der Waals surface area contributed by atoms with E-state index in [0.717, 1.165) is 25.3 Å². The zero-order valence-electron chi connectivity index (χ0n) is 9.72. The number of hydrogen-bond acceptors (Lipinski definition) is 4. The van der Waals surface area contributed by atoms with Gasteiger partial charge in [0.25, 0.3) is 0 Å². The number of aromatic nitrogens is 1. The molecule has 1 aliphatic heterocycles. The van der Waals surface area contributed by atoms with Gasteiger partial charge in [-0.25, -0.2) is 4.98 Å². The first-order valence-corrected chi connectivity index (χ1v) is 5.52. The molecule has 2 rings (SSSR count). The zero-order chi connectivity index (χ0) is 11.5.